The number of carbonyl (C=O) groups excluding carboxylic acids is 2. The third-order valence-corrected chi connectivity index (χ3v) is 5.22. The summed E-state index contributed by atoms with van der Waals surface area (Å²) in [6.45, 7) is 5.41. The molecule has 1 amide bonds. The van der Waals surface area contributed by atoms with Crippen molar-refractivity contribution in [3.63, 3.8) is 0 Å². The number of ether oxygens (including phenoxy) is 1. The molecule has 0 N–H and O–H groups in total. The molecule has 0 unspecified atom stereocenters. The Morgan fingerprint density at radius 1 is 1.27 bits per heavy atom. The van der Waals surface area contributed by atoms with Gasteiger partial charge < -0.3 is 9.64 Å². The van der Waals surface area contributed by atoms with Crippen LogP contribution >= 0.6 is 11.8 Å². The maximum absolute atomic E-state index is 12.3. The van der Waals surface area contributed by atoms with Gasteiger partial charge in [-0.3, -0.25) is 9.59 Å². The molecule has 0 saturated carbocycles. The Morgan fingerprint density at radius 3 is 2.59 bits per heavy atom. The summed E-state index contributed by atoms with van der Waals surface area (Å²) < 4.78 is 4.77. The molecule has 0 aliphatic carbocycles. The number of piperidine rings is 1. The monoisotopic (exact) mass is 321 g/mol. The van der Waals surface area contributed by atoms with Gasteiger partial charge in [0.25, 0.3) is 0 Å². The molecule has 1 heterocycles. The molecule has 1 saturated heterocycles. The third kappa shape index (κ3) is 4.26. The fraction of sp³-hybridized carbons (Fsp3) is 0.529. The van der Waals surface area contributed by atoms with Crippen LogP contribution in [0.3, 0.4) is 0 Å². The van der Waals surface area contributed by atoms with Crippen molar-refractivity contribution in [2.45, 2.75) is 31.6 Å². The second-order valence-electron chi connectivity index (χ2n) is 5.74. The maximum atomic E-state index is 12.3. The van der Waals surface area contributed by atoms with Crippen LogP contribution in [0.5, 0.6) is 0 Å². The molecule has 0 atom stereocenters. The molecule has 0 radical (unpaired) electrons. The Bertz CT molecular complexity index is 551. The Kier molecular flexibility index (Phi) is 5.89. The molecule has 0 aromatic heterocycles. The number of nitrogens with zero attached hydrogens (tertiary/aromatic N) is 1. The minimum Gasteiger partial charge on any atom is -0.469 e. The summed E-state index contributed by atoms with van der Waals surface area (Å²) in [5, 5.41) is 0. The average Bonchev–Trinajstić information content (AvgIpc) is 2.54. The lowest BCUT2D eigenvalue weighted by Crippen LogP contribution is -2.41. The lowest BCUT2D eigenvalue weighted by atomic mass is 9.97. The highest BCUT2D eigenvalue weighted by Gasteiger charge is 2.27. The summed E-state index contributed by atoms with van der Waals surface area (Å²) in [6, 6.07) is 6.29. The molecular formula is C17H23NO3S. The number of thioether (sulfide) groups is 1. The Balaban J connectivity index is 1.83. The average molecular weight is 321 g/mol. The number of aryl methyl sites for hydroxylation is 2. The highest BCUT2D eigenvalue weighted by atomic mass is 32.2. The van der Waals surface area contributed by atoms with E-state index in [1.54, 1.807) is 11.8 Å². The van der Waals surface area contributed by atoms with Crippen LogP contribution in [0.25, 0.3) is 0 Å². The predicted octanol–water partition coefficient (Wildman–Crippen LogP) is 2.81. The molecule has 0 bridgehead atoms. The SMILES string of the molecule is COC(=O)C1CCN(C(=O)CSc2cc(C)ccc2C)CC1. The van der Waals surface area contributed by atoms with Crippen LogP contribution in [-0.4, -0.2) is 42.7 Å². The highest BCUT2D eigenvalue weighted by molar-refractivity contribution is 8.00. The van der Waals surface area contributed by atoms with E-state index in [1.165, 1.54) is 18.2 Å². The predicted molar refractivity (Wildman–Crippen MR) is 88.0 cm³/mol. The molecule has 1 aliphatic rings. The summed E-state index contributed by atoms with van der Waals surface area (Å²) in [4.78, 5) is 26.8. The van der Waals surface area contributed by atoms with Crippen LogP contribution in [0, 0.1) is 19.8 Å². The van der Waals surface area contributed by atoms with Gasteiger partial charge in [-0.2, -0.15) is 0 Å². The van der Waals surface area contributed by atoms with Crippen molar-refractivity contribution >= 4 is 23.6 Å². The van der Waals surface area contributed by atoms with E-state index in [0.717, 1.165) is 4.90 Å². The zero-order valence-corrected chi connectivity index (χ0v) is 14.2. The first-order valence-electron chi connectivity index (χ1n) is 7.57. The first-order valence-corrected chi connectivity index (χ1v) is 8.55. The first-order chi connectivity index (χ1) is 10.5. The van der Waals surface area contributed by atoms with Gasteiger partial charge in [0.2, 0.25) is 5.91 Å². The molecule has 120 valence electrons. The van der Waals surface area contributed by atoms with Crippen molar-refractivity contribution in [1.29, 1.82) is 0 Å². The van der Waals surface area contributed by atoms with Crippen molar-refractivity contribution in [1.82, 2.24) is 4.90 Å². The lowest BCUT2D eigenvalue weighted by molar-refractivity contribution is -0.148. The molecule has 0 spiro atoms. The zero-order chi connectivity index (χ0) is 16.1. The number of hydrogen-bond donors (Lipinski definition) is 0. The largest absolute Gasteiger partial charge is 0.469 e. The standard InChI is InChI=1S/C17H23NO3S/c1-12-4-5-13(2)15(10-12)22-11-16(19)18-8-6-14(7-9-18)17(20)21-3/h4-5,10,14H,6-9,11H2,1-3H3. The van der Waals surface area contributed by atoms with Gasteiger partial charge in [0.1, 0.15) is 0 Å². The van der Waals surface area contributed by atoms with E-state index in [-0.39, 0.29) is 17.8 Å². The van der Waals surface area contributed by atoms with Crippen molar-refractivity contribution in [2.75, 3.05) is 26.0 Å². The normalized spacial score (nSPS) is 15.7. The minimum absolute atomic E-state index is 0.0549. The van der Waals surface area contributed by atoms with E-state index in [2.05, 4.69) is 32.0 Å². The van der Waals surface area contributed by atoms with Crippen molar-refractivity contribution in [3.05, 3.63) is 29.3 Å². The van der Waals surface area contributed by atoms with Crippen LogP contribution < -0.4 is 0 Å². The van der Waals surface area contributed by atoms with Crippen LogP contribution in [0.15, 0.2) is 23.1 Å². The molecule has 5 heteroatoms. The second kappa shape index (κ2) is 7.68. The summed E-state index contributed by atoms with van der Waals surface area (Å²) in [6.07, 6.45) is 1.40. The van der Waals surface area contributed by atoms with E-state index in [9.17, 15) is 9.59 Å². The van der Waals surface area contributed by atoms with Crippen molar-refractivity contribution in [3.8, 4) is 0 Å². The second-order valence-corrected chi connectivity index (χ2v) is 6.75. The maximum Gasteiger partial charge on any atom is 0.308 e. The Labute approximate surface area is 136 Å². The zero-order valence-electron chi connectivity index (χ0n) is 13.4. The molecule has 4 nitrogen and oxygen atoms in total. The first kappa shape index (κ1) is 16.9. The van der Waals surface area contributed by atoms with E-state index < -0.39 is 0 Å². The Morgan fingerprint density at radius 2 is 1.95 bits per heavy atom. The van der Waals surface area contributed by atoms with E-state index in [0.29, 0.717) is 31.7 Å². The highest BCUT2D eigenvalue weighted by Crippen LogP contribution is 2.25. The number of rotatable bonds is 4. The van der Waals surface area contributed by atoms with Gasteiger partial charge in [-0.1, -0.05) is 17.7 Å². The van der Waals surface area contributed by atoms with Crippen LogP contribution in [0.2, 0.25) is 0 Å². The molecule has 1 aromatic rings. The van der Waals surface area contributed by atoms with Gasteiger partial charge in [0.15, 0.2) is 0 Å². The fourth-order valence-corrected chi connectivity index (χ4v) is 3.65. The van der Waals surface area contributed by atoms with Gasteiger partial charge in [-0.05, 0) is 38.3 Å². The number of benzene rings is 1. The number of carbonyl (C=O) groups is 2. The fourth-order valence-electron chi connectivity index (χ4n) is 2.62. The number of methoxy groups -OCH3 is 1. The molecule has 1 aromatic carbocycles. The number of amides is 1. The van der Waals surface area contributed by atoms with E-state index in [4.69, 9.17) is 4.74 Å². The number of hydrogen-bond acceptors (Lipinski definition) is 4. The van der Waals surface area contributed by atoms with Gasteiger partial charge in [0, 0.05) is 18.0 Å². The third-order valence-electron chi connectivity index (χ3n) is 4.08. The summed E-state index contributed by atoms with van der Waals surface area (Å²) >= 11 is 1.59. The van der Waals surface area contributed by atoms with Gasteiger partial charge in [0.05, 0.1) is 18.8 Å². The molecule has 22 heavy (non-hydrogen) atoms. The van der Waals surface area contributed by atoms with E-state index >= 15 is 0 Å². The molecule has 1 fully saturated rings. The van der Waals surface area contributed by atoms with Crippen LogP contribution in [0.4, 0.5) is 0 Å². The quantitative estimate of drug-likeness (QED) is 0.632. The number of esters is 1. The molecule has 1 aliphatic heterocycles. The van der Waals surface area contributed by atoms with Crippen LogP contribution in [0.1, 0.15) is 24.0 Å². The topological polar surface area (TPSA) is 46.6 Å². The Hall–Kier alpha value is -1.49. The van der Waals surface area contributed by atoms with E-state index in [1.807, 2.05) is 4.90 Å². The molecular weight excluding hydrogens is 298 g/mol. The summed E-state index contributed by atoms with van der Waals surface area (Å²) in [5.74, 6) is 0.388. The van der Waals surface area contributed by atoms with Gasteiger partial charge >= 0.3 is 5.97 Å². The number of likely N-dealkylation sites (tertiary alicyclic amines) is 1. The van der Waals surface area contributed by atoms with Crippen molar-refractivity contribution < 1.29 is 14.3 Å². The van der Waals surface area contributed by atoms with Crippen LogP contribution in [-0.2, 0) is 14.3 Å². The smallest absolute Gasteiger partial charge is 0.308 e. The lowest BCUT2D eigenvalue weighted by Gasteiger charge is -2.30. The van der Waals surface area contributed by atoms with Crippen molar-refractivity contribution in [2.24, 2.45) is 5.92 Å². The minimum atomic E-state index is -0.156. The van der Waals surface area contributed by atoms with Gasteiger partial charge in [-0.15, -0.1) is 11.8 Å². The summed E-state index contributed by atoms with van der Waals surface area (Å²) in [5.41, 5.74) is 2.41. The van der Waals surface area contributed by atoms with Gasteiger partial charge in [-0.25, -0.2) is 0 Å². The summed E-state index contributed by atoms with van der Waals surface area (Å²) in [7, 11) is 1.42. The molecule has 2 rings (SSSR count).